The highest BCUT2D eigenvalue weighted by atomic mass is 28.4. The van der Waals surface area contributed by atoms with Gasteiger partial charge in [-0.1, -0.05) is 20.8 Å². The van der Waals surface area contributed by atoms with Crippen LogP contribution in [0.5, 0.6) is 0 Å². The van der Waals surface area contributed by atoms with Crippen molar-refractivity contribution in [1.29, 1.82) is 0 Å². The van der Waals surface area contributed by atoms with Crippen LogP contribution in [-0.2, 0) is 14.0 Å². The Morgan fingerprint density at radius 1 is 1.19 bits per heavy atom. The van der Waals surface area contributed by atoms with E-state index in [0.29, 0.717) is 19.5 Å². The Labute approximate surface area is 159 Å². The smallest absolute Gasteiger partial charge is 0.410 e. The largest absolute Gasteiger partial charge is 0.444 e. The van der Waals surface area contributed by atoms with Crippen LogP contribution >= 0.6 is 0 Å². The van der Waals surface area contributed by atoms with Crippen molar-refractivity contribution in [1.82, 2.24) is 10.2 Å². The molecule has 0 aromatic carbocycles. The monoisotopic (exact) mass is 384 g/mol. The molecule has 0 aromatic heterocycles. The molecule has 0 spiro atoms. The minimum atomic E-state index is -1.93. The van der Waals surface area contributed by atoms with Gasteiger partial charge in [-0.3, -0.25) is 4.79 Å². The van der Waals surface area contributed by atoms with E-state index in [4.69, 9.17) is 9.16 Å². The molecule has 2 heterocycles. The number of rotatable bonds is 3. The van der Waals surface area contributed by atoms with Crippen LogP contribution in [-0.4, -0.2) is 56.1 Å². The van der Waals surface area contributed by atoms with Crippen molar-refractivity contribution in [2.45, 2.75) is 90.3 Å². The molecular formula is C19H36N2O4Si. The molecule has 0 radical (unpaired) electrons. The quantitative estimate of drug-likeness (QED) is 0.756. The molecule has 0 unspecified atom stereocenters. The molecular weight excluding hydrogens is 348 g/mol. The normalized spacial score (nSPS) is 27.6. The summed E-state index contributed by atoms with van der Waals surface area (Å²) >= 11 is 0. The zero-order chi connectivity index (χ0) is 19.9. The summed E-state index contributed by atoms with van der Waals surface area (Å²) in [6.07, 6.45) is 0.939. The van der Waals surface area contributed by atoms with Crippen LogP contribution in [0, 0.1) is 5.92 Å². The first-order valence-electron chi connectivity index (χ1n) is 9.64. The summed E-state index contributed by atoms with van der Waals surface area (Å²) in [4.78, 5) is 26.3. The van der Waals surface area contributed by atoms with Gasteiger partial charge < -0.3 is 19.4 Å². The predicted octanol–water partition coefficient (Wildman–Crippen LogP) is 3.52. The number of hydrogen-bond acceptors (Lipinski definition) is 4. The molecule has 0 aromatic rings. The van der Waals surface area contributed by atoms with Gasteiger partial charge >= 0.3 is 6.09 Å². The number of ether oxygens (including phenoxy) is 1. The maximum atomic E-state index is 12.8. The first kappa shape index (κ1) is 21.2. The summed E-state index contributed by atoms with van der Waals surface area (Å²) in [6, 6.07) is -0.0152. The van der Waals surface area contributed by atoms with Crippen LogP contribution in [0.4, 0.5) is 4.79 Å². The summed E-state index contributed by atoms with van der Waals surface area (Å²) < 4.78 is 12.2. The number of nitrogens with one attached hydrogen (secondary N) is 1. The fourth-order valence-electron chi connectivity index (χ4n) is 3.38. The van der Waals surface area contributed by atoms with Crippen molar-refractivity contribution in [3.8, 4) is 0 Å². The molecule has 1 N–H and O–H groups in total. The summed E-state index contributed by atoms with van der Waals surface area (Å²) in [5, 5.41) is 3.01. The molecule has 3 atom stereocenters. The fraction of sp³-hybridized carbons (Fsp3) is 0.895. The van der Waals surface area contributed by atoms with Gasteiger partial charge in [0, 0.05) is 31.5 Å². The van der Waals surface area contributed by atoms with E-state index in [1.165, 1.54) is 0 Å². The van der Waals surface area contributed by atoms with Gasteiger partial charge in [-0.05, 0) is 45.3 Å². The highest BCUT2D eigenvalue weighted by Crippen LogP contribution is 2.40. The third-order valence-corrected chi connectivity index (χ3v) is 10.3. The van der Waals surface area contributed by atoms with E-state index >= 15 is 0 Å². The fourth-order valence-corrected chi connectivity index (χ4v) is 4.74. The SMILES string of the molecule is CC(C)(C)OC(=O)N1C[C@H](O[Si](C)(C)C(C)(C)C)C[C@H]1[C@H]1CNC(=O)C1. The van der Waals surface area contributed by atoms with E-state index in [-0.39, 0.29) is 35.1 Å². The number of carbonyl (C=O) groups is 2. The Morgan fingerprint density at radius 3 is 2.27 bits per heavy atom. The van der Waals surface area contributed by atoms with Crippen molar-refractivity contribution in [2.24, 2.45) is 5.92 Å². The molecule has 6 nitrogen and oxygen atoms in total. The van der Waals surface area contributed by atoms with E-state index in [0.717, 1.165) is 6.42 Å². The van der Waals surface area contributed by atoms with Crippen molar-refractivity contribution in [3.05, 3.63) is 0 Å². The van der Waals surface area contributed by atoms with Gasteiger partial charge in [-0.2, -0.15) is 0 Å². The standard InChI is InChI=1S/C19H36N2O4Si/c1-18(2,3)24-17(23)21-12-14(25-26(7,8)19(4,5)6)10-15(21)13-9-16(22)20-11-13/h13-15H,9-12H2,1-8H3,(H,20,22)/t13-,14-,15+/m1/s1. The molecule has 2 saturated heterocycles. The molecule has 150 valence electrons. The minimum Gasteiger partial charge on any atom is -0.444 e. The highest BCUT2D eigenvalue weighted by molar-refractivity contribution is 6.74. The molecule has 2 aliphatic rings. The minimum absolute atomic E-state index is 0.00381. The summed E-state index contributed by atoms with van der Waals surface area (Å²) in [6.45, 7) is 17.9. The van der Waals surface area contributed by atoms with Crippen molar-refractivity contribution >= 4 is 20.3 Å². The molecule has 2 fully saturated rings. The Balaban J connectivity index is 2.15. The Hall–Kier alpha value is -1.08. The molecule has 7 heteroatoms. The number of likely N-dealkylation sites (tertiary alicyclic amines) is 1. The lowest BCUT2D eigenvalue weighted by molar-refractivity contribution is -0.119. The van der Waals surface area contributed by atoms with Gasteiger partial charge in [0.2, 0.25) is 5.91 Å². The Kier molecular flexibility index (Phi) is 5.83. The second-order valence-corrected chi connectivity index (χ2v) is 15.0. The summed E-state index contributed by atoms with van der Waals surface area (Å²) in [5.74, 6) is 0.191. The van der Waals surface area contributed by atoms with E-state index in [2.05, 4.69) is 39.2 Å². The zero-order valence-electron chi connectivity index (χ0n) is 17.6. The third kappa shape index (κ3) is 5.00. The molecule has 0 saturated carbocycles. The average molecular weight is 385 g/mol. The van der Waals surface area contributed by atoms with E-state index in [1.807, 2.05) is 20.8 Å². The second-order valence-electron chi connectivity index (χ2n) is 10.2. The highest BCUT2D eigenvalue weighted by Gasteiger charge is 2.47. The predicted molar refractivity (Wildman–Crippen MR) is 105 cm³/mol. The van der Waals surface area contributed by atoms with E-state index in [9.17, 15) is 9.59 Å². The van der Waals surface area contributed by atoms with Crippen LogP contribution in [0.25, 0.3) is 0 Å². The van der Waals surface area contributed by atoms with Crippen LogP contribution in [0.1, 0.15) is 54.4 Å². The van der Waals surface area contributed by atoms with Gasteiger partial charge in [-0.25, -0.2) is 4.79 Å². The zero-order valence-corrected chi connectivity index (χ0v) is 18.6. The molecule has 2 amide bonds. The third-order valence-electron chi connectivity index (χ3n) is 5.75. The van der Waals surface area contributed by atoms with Crippen LogP contribution in [0.3, 0.4) is 0 Å². The molecule has 2 aliphatic heterocycles. The number of amides is 2. The van der Waals surface area contributed by atoms with Gasteiger partial charge in [0.1, 0.15) is 5.60 Å². The van der Waals surface area contributed by atoms with E-state index in [1.54, 1.807) is 4.90 Å². The van der Waals surface area contributed by atoms with Crippen molar-refractivity contribution < 1.29 is 18.8 Å². The Bertz CT molecular complexity index is 551. The molecule has 0 aliphatic carbocycles. The maximum absolute atomic E-state index is 12.8. The van der Waals surface area contributed by atoms with Crippen LogP contribution < -0.4 is 5.32 Å². The Morgan fingerprint density at radius 2 is 1.81 bits per heavy atom. The first-order chi connectivity index (χ1) is 11.7. The van der Waals surface area contributed by atoms with Crippen LogP contribution in [0.15, 0.2) is 0 Å². The molecule has 0 bridgehead atoms. The van der Waals surface area contributed by atoms with Crippen molar-refractivity contribution in [3.63, 3.8) is 0 Å². The molecule has 26 heavy (non-hydrogen) atoms. The average Bonchev–Trinajstić information content (AvgIpc) is 3.01. The van der Waals surface area contributed by atoms with E-state index < -0.39 is 13.9 Å². The summed E-state index contributed by atoms with van der Waals surface area (Å²) in [7, 11) is -1.93. The van der Waals surface area contributed by atoms with Gasteiger partial charge in [0.15, 0.2) is 8.32 Å². The first-order valence-corrected chi connectivity index (χ1v) is 12.5. The van der Waals surface area contributed by atoms with Gasteiger partial charge in [0.25, 0.3) is 0 Å². The maximum Gasteiger partial charge on any atom is 0.410 e. The number of hydrogen-bond donors (Lipinski definition) is 1. The number of carbonyl (C=O) groups excluding carboxylic acids is 2. The lowest BCUT2D eigenvalue weighted by atomic mass is 9.96. The van der Waals surface area contributed by atoms with Gasteiger partial charge in [-0.15, -0.1) is 0 Å². The topological polar surface area (TPSA) is 67.9 Å². The lowest BCUT2D eigenvalue weighted by Crippen LogP contribution is -2.45. The summed E-state index contributed by atoms with van der Waals surface area (Å²) in [5.41, 5.74) is -0.538. The van der Waals surface area contributed by atoms with Gasteiger partial charge in [0.05, 0.1) is 6.10 Å². The number of nitrogens with zero attached hydrogens (tertiary/aromatic N) is 1. The lowest BCUT2D eigenvalue weighted by Gasteiger charge is -2.38. The molecule has 2 rings (SSSR count). The second kappa shape index (κ2) is 7.15. The van der Waals surface area contributed by atoms with Crippen LogP contribution in [0.2, 0.25) is 18.1 Å². The van der Waals surface area contributed by atoms with Crippen molar-refractivity contribution in [2.75, 3.05) is 13.1 Å².